The highest BCUT2D eigenvalue weighted by Gasteiger charge is 2.05. The lowest BCUT2D eigenvalue weighted by Gasteiger charge is -2.08. The van der Waals surface area contributed by atoms with Crippen LogP contribution < -0.4 is 14.8 Å². The van der Waals surface area contributed by atoms with Gasteiger partial charge in [-0.25, -0.2) is 0 Å². The average molecular weight is 373 g/mol. The summed E-state index contributed by atoms with van der Waals surface area (Å²) in [5, 5.41) is 2.80. The lowest BCUT2D eigenvalue weighted by molar-refractivity contribution is -0.113. The Kier molecular flexibility index (Phi) is 8.02. The number of Topliss-reactive ketones (excluding diaryl/α,β-unsaturated/α-hetero) is 1. The molecule has 5 nitrogen and oxygen atoms in total. The molecular formula is C20H23NO4S. The van der Waals surface area contributed by atoms with E-state index in [1.165, 1.54) is 18.7 Å². The first-order valence-electron chi connectivity index (χ1n) is 8.42. The molecule has 0 heterocycles. The van der Waals surface area contributed by atoms with Crippen LogP contribution >= 0.6 is 11.8 Å². The van der Waals surface area contributed by atoms with E-state index < -0.39 is 0 Å². The zero-order valence-electron chi connectivity index (χ0n) is 15.0. The minimum atomic E-state index is -0.100. The molecule has 0 saturated carbocycles. The van der Waals surface area contributed by atoms with Crippen molar-refractivity contribution >= 4 is 29.1 Å². The summed E-state index contributed by atoms with van der Waals surface area (Å²) < 4.78 is 11.0. The highest BCUT2D eigenvalue weighted by atomic mass is 32.2. The van der Waals surface area contributed by atoms with Gasteiger partial charge in [0.05, 0.1) is 19.0 Å². The van der Waals surface area contributed by atoms with Crippen LogP contribution in [0.3, 0.4) is 0 Å². The predicted molar refractivity (Wildman–Crippen MR) is 106 cm³/mol. The van der Waals surface area contributed by atoms with Crippen LogP contribution in [0.25, 0.3) is 0 Å². The number of thioether (sulfide) groups is 1. The third kappa shape index (κ3) is 6.80. The van der Waals surface area contributed by atoms with Gasteiger partial charge in [0.25, 0.3) is 0 Å². The Hall–Kier alpha value is -2.47. The quantitative estimate of drug-likeness (QED) is 0.503. The standard InChI is InChI=1S/C20H23NO4S/c1-3-24-18-7-9-19(10-8-18)25-11-12-26-14-20(23)21-17-6-4-5-16(13-17)15(2)22/h4-10,13H,3,11-12,14H2,1-2H3,(H,21,23). The molecule has 1 amide bonds. The van der Waals surface area contributed by atoms with Gasteiger partial charge < -0.3 is 14.8 Å². The molecule has 1 N–H and O–H groups in total. The molecular weight excluding hydrogens is 350 g/mol. The molecule has 0 radical (unpaired) electrons. The molecule has 0 aliphatic rings. The summed E-state index contributed by atoms with van der Waals surface area (Å²) in [5.74, 6) is 2.50. The largest absolute Gasteiger partial charge is 0.494 e. The fourth-order valence-corrected chi connectivity index (χ4v) is 2.80. The van der Waals surface area contributed by atoms with Gasteiger partial charge in [-0.15, -0.1) is 11.8 Å². The van der Waals surface area contributed by atoms with Crippen molar-refractivity contribution in [2.24, 2.45) is 0 Å². The third-order valence-corrected chi connectivity index (χ3v) is 4.34. The van der Waals surface area contributed by atoms with Gasteiger partial charge in [-0.2, -0.15) is 0 Å². The lowest BCUT2D eigenvalue weighted by atomic mass is 10.1. The number of ether oxygens (including phenoxy) is 2. The second kappa shape index (κ2) is 10.5. The molecule has 2 aromatic rings. The van der Waals surface area contributed by atoms with Crippen LogP contribution in [-0.2, 0) is 4.79 Å². The molecule has 0 aliphatic carbocycles. The van der Waals surface area contributed by atoms with Crippen LogP contribution in [-0.4, -0.2) is 36.4 Å². The monoisotopic (exact) mass is 373 g/mol. The number of nitrogens with one attached hydrogen (secondary N) is 1. The number of rotatable bonds is 10. The summed E-state index contributed by atoms with van der Waals surface area (Å²) in [6.45, 7) is 4.60. The Morgan fingerprint density at radius 3 is 2.38 bits per heavy atom. The smallest absolute Gasteiger partial charge is 0.234 e. The number of carbonyl (C=O) groups excluding carboxylic acids is 2. The molecule has 2 rings (SSSR count). The maximum absolute atomic E-state index is 12.0. The third-order valence-electron chi connectivity index (χ3n) is 3.42. The van der Waals surface area contributed by atoms with E-state index in [2.05, 4.69) is 5.32 Å². The van der Waals surface area contributed by atoms with E-state index >= 15 is 0 Å². The first-order valence-corrected chi connectivity index (χ1v) is 9.58. The highest BCUT2D eigenvalue weighted by Crippen LogP contribution is 2.18. The van der Waals surface area contributed by atoms with Crippen LogP contribution in [0.1, 0.15) is 24.2 Å². The topological polar surface area (TPSA) is 64.6 Å². The van der Waals surface area contributed by atoms with Crippen LogP contribution in [0, 0.1) is 0 Å². The van der Waals surface area contributed by atoms with E-state index in [0.29, 0.717) is 36.0 Å². The van der Waals surface area contributed by atoms with E-state index in [1.807, 2.05) is 31.2 Å². The maximum atomic E-state index is 12.0. The van der Waals surface area contributed by atoms with Gasteiger partial charge in [0, 0.05) is 17.0 Å². The van der Waals surface area contributed by atoms with Gasteiger partial charge in [0.2, 0.25) is 5.91 Å². The van der Waals surface area contributed by atoms with Crippen LogP contribution in [0.5, 0.6) is 11.5 Å². The van der Waals surface area contributed by atoms with Crippen molar-refractivity contribution in [1.82, 2.24) is 0 Å². The molecule has 0 saturated heterocycles. The summed E-state index contributed by atoms with van der Waals surface area (Å²) in [6.07, 6.45) is 0. The van der Waals surface area contributed by atoms with Crippen LogP contribution in [0.4, 0.5) is 5.69 Å². The number of hydrogen-bond donors (Lipinski definition) is 1. The highest BCUT2D eigenvalue weighted by molar-refractivity contribution is 7.99. The van der Waals surface area contributed by atoms with Crippen molar-refractivity contribution in [3.63, 3.8) is 0 Å². The van der Waals surface area contributed by atoms with Crippen molar-refractivity contribution in [2.45, 2.75) is 13.8 Å². The number of carbonyl (C=O) groups is 2. The normalized spacial score (nSPS) is 10.2. The second-order valence-electron chi connectivity index (χ2n) is 5.49. The van der Waals surface area contributed by atoms with Gasteiger partial charge in [-0.1, -0.05) is 12.1 Å². The Balaban J connectivity index is 1.65. The van der Waals surface area contributed by atoms with Crippen molar-refractivity contribution in [3.05, 3.63) is 54.1 Å². The van der Waals surface area contributed by atoms with Crippen LogP contribution in [0.15, 0.2) is 48.5 Å². The second-order valence-corrected chi connectivity index (χ2v) is 6.60. The maximum Gasteiger partial charge on any atom is 0.234 e. The lowest BCUT2D eigenvalue weighted by Crippen LogP contribution is -2.15. The molecule has 0 fully saturated rings. The summed E-state index contributed by atoms with van der Waals surface area (Å²) >= 11 is 1.49. The molecule has 0 atom stereocenters. The van der Waals surface area contributed by atoms with E-state index in [0.717, 1.165) is 11.5 Å². The zero-order valence-corrected chi connectivity index (χ0v) is 15.8. The molecule has 2 aromatic carbocycles. The van der Waals surface area contributed by atoms with Gasteiger partial charge >= 0.3 is 0 Å². The van der Waals surface area contributed by atoms with Crippen molar-refractivity contribution in [2.75, 3.05) is 30.0 Å². The molecule has 0 spiro atoms. The van der Waals surface area contributed by atoms with Gasteiger partial charge in [-0.05, 0) is 50.2 Å². The van der Waals surface area contributed by atoms with Gasteiger partial charge in [-0.3, -0.25) is 9.59 Å². The molecule has 0 aliphatic heterocycles. The Bertz CT molecular complexity index is 731. The predicted octanol–water partition coefficient (Wildman–Crippen LogP) is 4.04. The number of anilines is 1. The molecule has 6 heteroatoms. The summed E-state index contributed by atoms with van der Waals surface area (Å²) in [4.78, 5) is 23.3. The summed E-state index contributed by atoms with van der Waals surface area (Å²) in [6, 6.07) is 14.4. The minimum absolute atomic E-state index is 0.0260. The first-order chi connectivity index (χ1) is 12.6. The van der Waals surface area contributed by atoms with E-state index in [9.17, 15) is 9.59 Å². The Labute approximate surface area is 158 Å². The van der Waals surface area contributed by atoms with Gasteiger partial charge in [0.1, 0.15) is 11.5 Å². The van der Waals surface area contributed by atoms with Crippen molar-refractivity contribution in [1.29, 1.82) is 0 Å². The molecule has 138 valence electrons. The SMILES string of the molecule is CCOc1ccc(OCCSCC(=O)Nc2cccc(C(C)=O)c2)cc1. The Morgan fingerprint density at radius 2 is 1.73 bits per heavy atom. The summed E-state index contributed by atoms with van der Waals surface area (Å²) in [5.41, 5.74) is 1.22. The zero-order chi connectivity index (χ0) is 18.8. The fourth-order valence-electron chi connectivity index (χ4n) is 2.20. The van der Waals surface area contributed by atoms with E-state index in [-0.39, 0.29) is 11.7 Å². The summed E-state index contributed by atoms with van der Waals surface area (Å²) in [7, 11) is 0. The number of amides is 1. The number of hydrogen-bond acceptors (Lipinski definition) is 5. The van der Waals surface area contributed by atoms with Gasteiger partial charge in [0.15, 0.2) is 5.78 Å². The minimum Gasteiger partial charge on any atom is -0.494 e. The Morgan fingerprint density at radius 1 is 1.04 bits per heavy atom. The molecule has 26 heavy (non-hydrogen) atoms. The number of benzene rings is 2. The molecule has 0 aromatic heterocycles. The first kappa shape index (κ1) is 19.8. The van der Waals surface area contributed by atoms with Crippen LogP contribution in [0.2, 0.25) is 0 Å². The molecule has 0 bridgehead atoms. The fraction of sp³-hybridized carbons (Fsp3) is 0.300. The van der Waals surface area contributed by atoms with E-state index in [4.69, 9.17) is 9.47 Å². The molecule has 0 unspecified atom stereocenters. The average Bonchev–Trinajstić information content (AvgIpc) is 2.63. The van der Waals surface area contributed by atoms with E-state index in [1.54, 1.807) is 24.3 Å². The van der Waals surface area contributed by atoms with Crippen molar-refractivity contribution < 1.29 is 19.1 Å². The number of ketones is 1. The van der Waals surface area contributed by atoms with Crippen molar-refractivity contribution in [3.8, 4) is 11.5 Å².